The summed E-state index contributed by atoms with van der Waals surface area (Å²) in [5.74, 6) is 0.134. The van der Waals surface area contributed by atoms with Gasteiger partial charge in [0.15, 0.2) is 0 Å². The average molecular weight is 256 g/mol. The van der Waals surface area contributed by atoms with Crippen LogP contribution in [-0.4, -0.2) is 25.5 Å². The van der Waals surface area contributed by atoms with Gasteiger partial charge in [-0.2, -0.15) is 0 Å². The van der Waals surface area contributed by atoms with Gasteiger partial charge in [0.2, 0.25) is 0 Å². The zero-order chi connectivity index (χ0) is 13.1. The van der Waals surface area contributed by atoms with Gasteiger partial charge in [0.25, 0.3) is 0 Å². The number of benzene rings is 1. The largest absolute Gasteiger partial charge is 0.388 e. The third-order valence-electron chi connectivity index (χ3n) is 2.87. The highest BCUT2D eigenvalue weighted by molar-refractivity contribution is 7.90. The molecule has 0 saturated carbocycles. The van der Waals surface area contributed by atoms with Gasteiger partial charge in [-0.05, 0) is 43.4 Å². The number of aliphatic hydroxyl groups excluding tert-OH is 1. The fourth-order valence-electron chi connectivity index (χ4n) is 2.04. The summed E-state index contributed by atoms with van der Waals surface area (Å²) in [6.45, 7) is 3.92. The lowest BCUT2D eigenvalue weighted by Gasteiger charge is -2.16. The fourth-order valence-corrected chi connectivity index (χ4v) is 2.73. The standard InChI is InChI=1S/C13H20O3S/c1-10-6-4-7-11(2)13(10)12(14)8-5-9-17(3,15)16/h4,6-7,12,14H,5,8-9H2,1-3H3. The zero-order valence-electron chi connectivity index (χ0n) is 10.6. The lowest BCUT2D eigenvalue weighted by atomic mass is 9.95. The van der Waals surface area contributed by atoms with Gasteiger partial charge in [-0.25, -0.2) is 8.42 Å². The third-order valence-corrected chi connectivity index (χ3v) is 3.90. The van der Waals surface area contributed by atoms with Gasteiger partial charge in [-0.1, -0.05) is 18.2 Å². The Balaban J connectivity index is 2.67. The summed E-state index contributed by atoms with van der Waals surface area (Å²) in [6.07, 6.45) is 1.63. The number of aryl methyl sites for hydroxylation is 2. The van der Waals surface area contributed by atoms with Crippen LogP contribution < -0.4 is 0 Å². The number of hydrogen-bond donors (Lipinski definition) is 1. The van der Waals surface area contributed by atoms with Gasteiger partial charge >= 0.3 is 0 Å². The van der Waals surface area contributed by atoms with Crippen molar-refractivity contribution in [3.8, 4) is 0 Å². The highest BCUT2D eigenvalue weighted by Gasteiger charge is 2.13. The van der Waals surface area contributed by atoms with Crippen LogP contribution in [0.3, 0.4) is 0 Å². The van der Waals surface area contributed by atoms with Crippen molar-refractivity contribution in [1.29, 1.82) is 0 Å². The number of aliphatic hydroxyl groups is 1. The van der Waals surface area contributed by atoms with Crippen molar-refractivity contribution in [3.05, 3.63) is 34.9 Å². The second-order valence-electron chi connectivity index (χ2n) is 4.59. The topological polar surface area (TPSA) is 54.4 Å². The summed E-state index contributed by atoms with van der Waals surface area (Å²) in [4.78, 5) is 0. The Morgan fingerprint density at radius 3 is 2.24 bits per heavy atom. The maximum atomic E-state index is 11.0. The molecule has 0 fully saturated rings. The van der Waals surface area contributed by atoms with Gasteiger partial charge in [-0.15, -0.1) is 0 Å². The summed E-state index contributed by atoms with van der Waals surface area (Å²) in [5.41, 5.74) is 3.04. The van der Waals surface area contributed by atoms with E-state index in [0.29, 0.717) is 12.8 Å². The molecule has 4 heteroatoms. The van der Waals surface area contributed by atoms with Crippen LogP contribution in [-0.2, 0) is 9.84 Å². The van der Waals surface area contributed by atoms with Crippen LogP contribution in [0.4, 0.5) is 0 Å². The molecule has 0 aliphatic rings. The summed E-state index contributed by atoms with van der Waals surface area (Å²) in [5, 5.41) is 10.1. The molecule has 0 spiro atoms. The second kappa shape index (κ2) is 5.65. The number of hydrogen-bond acceptors (Lipinski definition) is 3. The molecule has 0 aliphatic heterocycles. The molecule has 0 bridgehead atoms. The predicted molar refractivity (Wildman–Crippen MR) is 69.8 cm³/mol. The first-order valence-electron chi connectivity index (χ1n) is 5.73. The first-order valence-corrected chi connectivity index (χ1v) is 7.79. The van der Waals surface area contributed by atoms with Crippen LogP contribution in [0, 0.1) is 13.8 Å². The minimum Gasteiger partial charge on any atom is -0.388 e. The van der Waals surface area contributed by atoms with E-state index in [1.54, 1.807) is 0 Å². The Labute approximate surface area is 103 Å². The van der Waals surface area contributed by atoms with Crippen molar-refractivity contribution in [2.24, 2.45) is 0 Å². The summed E-state index contributed by atoms with van der Waals surface area (Å²) in [7, 11) is -2.93. The molecule has 0 radical (unpaired) electrons. The molecule has 0 saturated heterocycles. The Kier molecular flexibility index (Phi) is 4.71. The van der Waals surface area contributed by atoms with Gasteiger partial charge in [-0.3, -0.25) is 0 Å². The summed E-state index contributed by atoms with van der Waals surface area (Å²) in [6, 6.07) is 5.88. The van der Waals surface area contributed by atoms with Crippen LogP contribution in [0.1, 0.15) is 35.6 Å². The number of sulfone groups is 1. The van der Waals surface area contributed by atoms with E-state index >= 15 is 0 Å². The van der Waals surface area contributed by atoms with Gasteiger partial charge in [0.05, 0.1) is 6.10 Å². The maximum absolute atomic E-state index is 11.0. The van der Waals surface area contributed by atoms with E-state index in [1.165, 1.54) is 6.26 Å². The van der Waals surface area contributed by atoms with Gasteiger partial charge < -0.3 is 5.11 Å². The average Bonchev–Trinajstić information content (AvgIpc) is 2.15. The van der Waals surface area contributed by atoms with E-state index in [1.807, 2.05) is 32.0 Å². The van der Waals surface area contributed by atoms with Crippen LogP contribution >= 0.6 is 0 Å². The molecular formula is C13H20O3S. The van der Waals surface area contributed by atoms with E-state index in [4.69, 9.17) is 0 Å². The van der Waals surface area contributed by atoms with Crippen LogP contribution in [0.5, 0.6) is 0 Å². The third kappa shape index (κ3) is 4.48. The smallest absolute Gasteiger partial charge is 0.147 e. The van der Waals surface area contributed by atoms with Crippen molar-refractivity contribution in [1.82, 2.24) is 0 Å². The van der Waals surface area contributed by atoms with E-state index in [-0.39, 0.29) is 5.75 Å². The van der Waals surface area contributed by atoms with Gasteiger partial charge in [0.1, 0.15) is 9.84 Å². The summed E-state index contributed by atoms with van der Waals surface area (Å²) >= 11 is 0. The maximum Gasteiger partial charge on any atom is 0.147 e. The predicted octanol–water partition coefficient (Wildman–Crippen LogP) is 2.16. The lowest BCUT2D eigenvalue weighted by Crippen LogP contribution is -2.07. The molecule has 1 unspecified atom stereocenters. The Bertz CT molecular complexity index is 457. The van der Waals surface area contributed by atoms with Crippen LogP contribution in [0.15, 0.2) is 18.2 Å². The molecular weight excluding hydrogens is 236 g/mol. The summed E-state index contributed by atoms with van der Waals surface area (Å²) < 4.78 is 22.0. The molecule has 17 heavy (non-hydrogen) atoms. The molecule has 3 nitrogen and oxygen atoms in total. The van der Waals surface area contributed by atoms with E-state index in [2.05, 4.69) is 0 Å². The highest BCUT2D eigenvalue weighted by Crippen LogP contribution is 2.25. The molecule has 1 aromatic rings. The van der Waals surface area contributed by atoms with Crippen LogP contribution in [0.2, 0.25) is 0 Å². The van der Waals surface area contributed by atoms with Crippen molar-refractivity contribution >= 4 is 9.84 Å². The van der Waals surface area contributed by atoms with Crippen molar-refractivity contribution in [2.75, 3.05) is 12.0 Å². The molecule has 0 aromatic heterocycles. The fraction of sp³-hybridized carbons (Fsp3) is 0.538. The number of rotatable bonds is 5. The molecule has 96 valence electrons. The molecule has 0 amide bonds. The SMILES string of the molecule is Cc1cccc(C)c1C(O)CCCS(C)(=O)=O. The normalized spacial score (nSPS) is 13.6. The van der Waals surface area contributed by atoms with E-state index in [0.717, 1.165) is 16.7 Å². The van der Waals surface area contributed by atoms with Gasteiger partial charge in [0, 0.05) is 12.0 Å². The van der Waals surface area contributed by atoms with Crippen LogP contribution in [0.25, 0.3) is 0 Å². The van der Waals surface area contributed by atoms with E-state index < -0.39 is 15.9 Å². The molecule has 0 aliphatic carbocycles. The monoisotopic (exact) mass is 256 g/mol. The Morgan fingerprint density at radius 2 is 1.76 bits per heavy atom. The first kappa shape index (κ1) is 14.2. The molecule has 1 atom stereocenters. The van der Waals surface area contributed by atoms with Crippen molar-refractivity contribution in [3.63, 3.8) is 0 Å². The highest BCUT2D eigenvalue weighted by atomic mass is 32.2. The minimum absolute atomic E-state index is 0.134. The minimum atomic E-state index is -2.93. The molecule has 1 rings (SSSR count). The van der Waals surface area contributed by atoms with E-state index in [9.17, 15) is 13.5 Å². The molecule has 0 heterocycles. The zero-order valence-corrected chi connectivity index (χ0v) is 11.4. The van der Waals surface area contributed by atoms with Crippen molar-refractivity contribution < 1.29 is 13.5 Å². The quantitative estimate of drug-likeness (QED) is 0.878. The van der Waals surface area contributed by atoms with Crippen molar-refractivity contribution in [2.45, 2.75) is 32.8 Å². The molecule has 1 N–H and O–H groups in total. The first-order chi connectivity index (χ1) is 7.81. The lowest BCUT2D eigenvalue weighted by molar-refractivity contribution is 0.165. The second-order valence-corrected chi connectivity index (χ2v) is 6.85. The Morgan fingerprint density at radius 1 is 1.24 bits per heavy atom. The molecule has 1 aromatic carbocycles. The Hall–Kier alpha value is -0.870.